The lowest BCUT2D eigenvalue weighted by molar-refractivity contribution is 0.0593. The van der Waals surface area contributed by atoms with E-state index in [0.717, 1.165) is 12.2 Å². The third-order valence-electron chi connectivity index (χ3n) is 2.41. The minimum atomic E-state index is -0.459. The van der Waals surface area contributed by atoms with E-state index in [1.54, 1.807) is 16.9 Å². The summed E-state index contributed by atoms with van der Waals surface area (Å²) in [5, 5.41) is 12.6. The number of aryl methyl sites for hydroxylation is 1. The van der Waals surface area contributed by atoms with Crippen LogP contribution in [0.15, 0.2) is 17.4 Å². The molecule has 2 heterocycles. The average Bonchev–Trinajstić information content (AvgIpc) is 3.02. The van der Waals surface area contributed by atoms with Crippen molar-refractivity contribution in [2.45, 2.75) is 24.4 Å². The maximum absolute atomic E-state index is 11.2. The average molecular weight is 282 g/mol. The van der Waals surface area contributed by atoms with Crippen molar-refractivity contribution in [2.24, 2.45) is 0 Å². The molecule has 2 aromatic rings. The van der Waals surface area contributed by atoms with Gasteiger partial charge in [0.1, 0.15) is 0 Å². The SMILES string of the molecule is CCc1nnc(SCn2ccc(C(=O)OC)n2)n1N. The van der Waals surface area contributed by atoms with E-state index in [9.17, 15) is 4.79 Å². The standard InChI is InChI=1S/C10H14N6O2S/c1-3-8-12-13-10(16(8)11)19-6-15-5-4-7(14-15)9(17)18-2/h4-5H,3,6,11H2,1-2H3. The van der Waals surface area contributed by atoms with Crippen molar-refractivity contribution >= 4 is 17.7 Å². The molecule has 0 fully saturated rings. The maximum Gasteiger partial charge on any atom is 0.358 e. The van der Waals surface area contributed by atoms with Crippen LogP contribution in [0.2, 0.25) is 0 Å². The number of thioether (sulfide) groups is 1. The van der Waals surface area contributed by atoms with E-state index in [4.69, 9.17) is 5.84 Å². The Bertz CT molecular complexity index is 578. The van der Waals surface area contributed by atoms with Crippen LogP contribution < -0.4 is 5.84 Å². The second-order valence-electron chi connectivity index (χ2n) is 3.63. The molecule has 0 atom stereocenters. The molecule has 0 aliphatic heterocycles. The summed E-state index contributed by atoms with van der Waals surface area (Å²) in [5.74, 6) is 6.56. The zero-order chi connectivity index (χ0) is 13.8. The number of nitrogens with two attached hydrogens (primary N) is 1. The monoisotopic (exact) mass is 282 g/mol. The van der Waals surface area contributed by atoms with Gasteiger partial charge in [-0.15, -0.1) is 10.2 Å². The highest BCUT2D eigenvalue weighted by atomic mass is 32.2. The van der Waals surface area contributed by atoms with E-state index in [-0.39, 0.29) is 5.69 Å². The van der Waals surface area contributed by atoms with E-state index in [1.807, 2.05) is 6.92 Å². The predicted molar refractivity (Wildman–Crippen MR) is 69.0 cm³/mol. The molecule has 0 spiro atoms. The zero-order valence-electron chi connectivity index (χ0n) is 10.6. The van der Waals surface area contributed by atoms with Gasteiger partial charge >= 0.3 is 5.97 Å². The second-order valence-corrected chi connectivity index (χ2v) is 4.54. The Morgan fingerprint density at radius 2 is 2.32 bits per heavy atom. The predicted octanol–water partition coefficient (Wildman–Crippen LogP) is 0.287. The van der Waals surface area contributed by atoms with Crippen LogP contribution in [0.3, 0.4) is 0 Å². The number of hydrogen-bond donors (Lipinski definition) is 1. The molecule has 0 aromatic carbocycles. The third-order valence-corrected chi connectivity index (χ3v) is 3.34. The molecule has 102 valence electrons. The first kappa shape index (κ1) is 13.4. The summed E-state index contributed by atoms with van der Waals surface area (Å²) < 4.78 is 7.64. The lowest BCUT2D eigenvalue weighted by Gasteiger charge is -2.02. The highest BCUT2D eigenvalue weighted by Crippen LogP contribution is 2.16. The van der Waals surface area contributed by atoms with E-state index in [0.29, 0.717) is 11.0 Å². The number of aromatic nitrogens is 5. The first-order valence-corrected chi connectivity index (χ1v) is 6.58. The fourth-order valence-electron chi connectivity index (χ4n) is 1.42. The van der Waals surface area contributed by atoms with Crippen molar-refractivity contribution in [1.29, 1.82) is 0 Å². The molecule has 2 N–H and O–H groups in total. The minimum absolute atomic E-state index is 0.270. The van der Waals surface area contributed by atoms with Crippen LogP contribution in [0, 0.1) is 0 Å². The summed E-state index contributed by atoms with van der Waals surface area (Å²) in [6, 6.07) is 1.59. The number of nitrogens with zero attached hydrogens (tertiary/aromatic N) is 5. The van der Waals surface area contributed by atoms with Crippen LogP contribution in [0.25, 0.3) is 0 Å². The fraction of sp³-hybridized carbons (Fsp3) is 0.400. The smallest absolute Gasteiger partial charge is 0.358 e. The minimum Gasteiger partial charge on any atom is -0.464 e. The molecule has 0 radical (unpaired) electrons. The molecule has 0 amide bonds. The van der Waals surface area contributed by atoms with Gasteiger partial charge in [-0.1, -0.05) is 18.7 Å². The molecule has 0 unspecified atom stereocenters. The molecule has 0 aliphatic carbocycles. The number of nitrogen functional groups attached to an aromatic ring is 1. The van der Waals surface area contributed by atoms with Gasteiger partial charge in [0.2, 0.25) is 5.16 Å². The molecule has 0 aliphatic rings. The van der Waals surface area contributed by atoms with Gasteiger partial charge in [-0.05, 0) is 6.07 Å². The number of ether oxygens (including phenoxy) is 1. The molecule has 19 heavy (non-hydrogen) atoms. The number of hydrogen-bond acceptors (Lipinski definition) is 7. The first-order valence-electron chi connectivity index (χ1n) is 5.59. The Morgan fingerprint density at radius 1 is 1.53 bits per heavy atom. The molecule has 0 saturated heterocycles. The van der Waals surface area contributed by atoms with E-state index in [2.05, 4.69) is 20.0 Å². The van der Waals surface area contributed by atoms with Gasteiger partial charge in [0.05, 0.1) is 13.0 Å². The summed E-state index contributed by atoms with van der Waals surface area (Å²) in [5.41, 5.74) is 0.270. The maximum atomic E-state index is 11.2. The van der Waals surface area contributed by atoms with Crippen molar-refractivity contribution < 1.29 is 9.53 Å². The van der Waals surface area contributed by atoms with Crippen LogP contribution in [-0.2, 0) is 17.0 Å². The van der Waals surface area contributed by atoms with Crippen LogP contribution >= 0.6 is 11.8 Å². The molecular weight excluding hydrogens is 268 g/mol. The largest absolute Gasteiger partial charge is 0.464 e. The second kappa shape index (κ2) is 5.74. The van der Waals surface area contributed by atoms with E-state index < -0.39 is 5.97 Å². The van der Waals surface area contributed by atoms with E-state index >= 15 is 0 Å². The first-order chi connectivity index (χ1) is 9.15. The number of carbonyl (C=O) groups is 1. The molecule has 0 bridgehead atoms. The Hall–Kier alpha value is -2.03. The molecule has 8 nitrogen and oxygen atoms in total. The van der Waals surface area contributed by atoms with Gasteiger partial charge in [-0.3, -0.25) is 4.68 Å². The Balaban J connectivity index is 2.00. The number of rotatable bonds is 5. The summed E-state index contributed by atoms with van der Waals surface area (Å²) >= 11 is 1.38. The van der Waals surface area contributed by atoms with Crippen molar-refractivity contribution in [3.05, 3.63) is 23.8 Å². The van der Waals surface area contributed by atoms with Gasteiger partial charge in [0.15, 0.2) is 11.5 Å². The molecule has 0 saturated carbocycles. The third kappa shape index (κ3) is 2.87. The molecule has 9 heteroatoms. The zero-order valence-corrected chi connectivity index (χ0v) is 11.4. The van der Waals surface area contributed by atoms with Gasteiger partial charge in [0, 0.05) is 12.6 Å². The summed E-state index contributed by atoms with van der Waals surface area (Å²) in [6.45, 7) is 1.96. The summed E-state index contributed by atoms with van der Waals surface area (Å²) in [6.07, 6.45) is 2.41. The highest BCUT2D eigenvalue weighted by Gasteiger charge is 2.11. The molecule has 2 aromatic heterocycles. The van der Waals surface area contributed by atoms with Gasteiger partial charge in [-0.2, -0.15) is 5.10 Å². The molecular formula is C10H14N6O2S. The number of esters is 1. The lowest BCUT2D eigenvalue weighted by Crippen LogP contribution is -2.13. The Kier molecular flexibility index (Phi) is 4.05. The normalized spacial score (nSPS) is 10.6. The fourth-order valence-corrected chi connectivity index (χ4v) is 2.15. The van der Waals surface area contributed by atoms with Crippen LogP contribution in [0.5, 0.6) is 0 Å². The van der Waals surface area contributed by atoms with Crippen molar-refractivity contribution in [2.75, 3.05) is 13.0 Å². The van der Waals surface area contributed by atoms with Crippen LogP contribution in [0.1, 0.15) is 23.2 Å². The van der Waals surface area contributed by atoms with Gasteiger partial charge < -0.3 is 10.6 Å². The van der Waals surface area contributed by atoms with Gasteiger partial charge in [0.25, 0.3) is 0 Å². The van der Waals surface area contributed by atoms with Crippen LogP contribution in [0.4, 0.5) is 0 Å². The molecule has 2 rings (SSSR count). The number of carbonyl (C=O) groups excluding carboxylic acids is 1. The van der Waals surface area contributed by atoms with Crippen molar-refractivity contribution in [3.63, 3.8) is 0 Å². The highest BCUT2D eigenvalue weighted by molar-refractivity contribution is 7.98. The van der Waals surface area contributed by atoms with Crippen LogP contribution in [-0.4, -0.2) is 37.7 Å². The lowest BCUT2D eigenvalue weighted by atomic mass is 10.4. The quantitative estimate of drug-likeness (QED) is 0.477. The topological polar surface area (TPSA) is 101 Å². The van der Waals surface area contributed by atoms with Crippen molar-refractivity contribution in [3.8, 4) is 0 Å². The summed E-state index contributed by atoms with van der Waals surface area (Å²) in [4.78, 5) is 11.2. The number of methoxy groups -OCH3 is 1. The Morgan fingerprint density at radius 3 is 2.95 bits per heavy atom. The van der Waals surface area contributed by atoms with E-state index in [1.165, 1.54) is 23.5 Å². The Labute approximate surface area is 113 Å². The van der Waals surface area contributed by atoms with Crippen molar-refractivity contribution in [1.82, 2.24) is 24.7 Å². The van der Waals surface area contributed by atoms with Gasteiger partial charge in [-0.25, -0.2) is 9.47 Å². The summed E-state index contributed by atoms with van der Waals surface area (Å²) in [7, 11) is 1.32.